The summed E-state index contributed by atoms with van der Waals surface area (Å²) in [5, 5.41) is 0. The van der Waals surface area contributed by atoms with Crippen molar-refractivity contribution in [3.63, 3.8) is 0 Å². The van der Waals surface area contributed by atoms with Crippen LogP contribution in [0.15, 0.2) is 29.2 Å². The predicted octanol–water partition coefficient (Wildman–Crippen LogP) is 2.27. The van der Waals surface area contributed by atoms with Gasteiger partial charge in [-0.25, -0.2) is 13.1 Å². The Balaban J connectivity index is 2.75. The Bertz CT molecular complexity index is 535. The quantitative estimate of drug-likeness (QED) is 0.771. The second-order valence-electron chi connectivity index (χ2n) is 5.61. The third kappa shape index (κ3) is 5.30. The van der Waals surface area contributed by atoms with E-state index in [1.54, 1.807) is 26.0 Å². The van der Waals surface area contributed by atoms with Crippen LogP contribution in [-0.4, -0.2) is 26.6 Å². The highest BCUT2D eigenvalue weighted by molar-refractivity contribution is 7.89. The molecule has 0 unspecified atom stereocenters. The van der Waals surface area contributed by atoms with Crippen LogP contribution >= 0.6 is 0 Å². The van der Waals surface area contributed by atoms with Gasteiger partial charge in [-0.15, -0.1) is 0 Å². The van der Waals surface area contributed by atoms with Crippen molar-refractivity contribution >= 4 is 10.0 Å². The maximum Gasteiger partial charge on any atom is 0.240 e. The summed E-state index contributed by atoms with van der Waals surface area (Å²) in [5.74, 6) is 0.621. The van der Waals surface area contributed by atoms with Gasteiger partial charge >= 0.3 is 0 Å². The lowest BCUT2D eigenvalue weighted by molar-refractivity contribution is 0.207. The summed E-state index contributed by atoms with van der Waals surface area (Å²) in [6, 6.07) is 6.24. The van der Waals surface area contributed by atoms with Gasteiger partial charge in [0.05, 0.1) is 4.90 Å². The molecular formula is C15H26N2O3S. The van der Waals surface area contributed by atoms with Crippen LogP contribution in [0.1, 0.15) is 40.5 Å². The van der Waals surface area contributed by atoms with Crippen LogP contribution in [0.2, 0.25) is 0 Å². The Morgan fingerprint density at radius 3 is 2.14 bits per heavy atom. The topological polar surface area (TPSA) is 81.4 Å². The van der Waals surface area contributed by atoms with E-state index in [2.05, 4.69) is 4.72 Å². The maximum atomic E-state index is 12.0. The van der Waals surface area contributed by atoms with Gasteiger partial charge in [0, 0.05) is 11.6 Å². The van der Waals surface area contributed by atoms with Gasteiger partial charge < -0.3 is 10.5 Å². The average molecular weight is 314 g/mol. The lowest BCUT2D eigenvalue weighted by Crippen LogP contribution is -2.44. The van der Waals surface area contributed by atoms with E-state index in [1.807, 2.05) is 13.8 Å². The molecule has 1 aromatic carbocycles. The normalized spacial score (nSPS) is 12.7. The second-order valence-corrected chi connectivity index (χ2v) is 7.32. The van der Waals surface area contributed by atoms with E-state index in [1.165, 1.54) is 12.1 Å². The average Bonchev–Trinajstić information content (AvgIpc) is 2.44. The molecular weight excluding hydrogens is 288 g/mol. The highest BCUT2D eigenvalue weighted by Gasteiger charge is 2.21. The minimum absolute atomic E-state index is 0.141. The molecule has 0 fully saturated rings. The van der Waals surface area contributed by atoms with Gasteiger partial charge in [0.2, 0.25) is 10.0 Å². The first-order valence-corrected chi connectivity index (χ1v) is 8.75. The molecule has 3 N–H and O–H groups in total. The molecule has 0 aliphatic heterocycles. The number of ether oxygens (including phenoxy) is 1. The number of rotatable bonds is 8. The summed E-state index contributed by atoms with van der Waals surface area (Å²) in [7, 11) is -3.46. The molecule has 6 heteroatoms. The Labute approximate surface area is 127 Å². The smallest absolute Gasteiger partial charge is 0.240 e. The van der Waals surface area contributed by atoms with Crippen LogP contribution in [0.5, 0.6) is 5.75 Å². The molecule has 0 saturated heterocycles. The molecule has 0 saturated carbocycles. The molecule has 0 radical (unpaired) electrons. The molecule has 0 bridgehead atoms. The Morgan fingerprint density at radius 2 is 1.71 bits per heavy atom. The molecule has 21 heavy (non-hydrogen) atoms. The van der Waals surface area contributed by atoms with Crippen LogP contribution < -0.4 is 15.2 Å². The van der Waals surface area contributed by atoms with Crippen molar-refractivity contribution in [2.45, 2.75) is 57.0 Å². The molecule has 0 heterocycles. The van der Waals surface area contributed by atoms with Crippen molar-refractivity contribution in [2.75, 3.05) is 6.61 Å². The van der Waals surface area contributed by atoms with Crippen LogP contribution in [0.3, 0.4) is 0 Å². The highest BCUT2D eigenvalue weighted by atomic mass is 32.2. The van der Waals surface area contributed by atoms with Crippen molar-refractivity contribution in [3.05, 3.63) is 24.3 Å². The molecule has 1 rings (SSSR count). The standard InChI is InChI=1S/C15H26N2O3S/c1-5-15(16,6-2)11-20-13-7-9-14(10-8-13)21(18,19)17-12(3)4/h7-10,12,17H,5-6,11,16H2,1-4H3. The minimum Gasteiger partial charge on any atom is -0.492 e. The van der Waals surface area contributed by atoms with E-state index in [9.17, 15) is 8.42 Å². The van der Waals surface area contributed by atoms with E-state index in [-0.39, 0.29) is 16.5 Å². The fourth-order valence-electron chi connectivity index (χ4n) is 1.77. The molecule has 5 nitrogen and oxygen atoms in total. The van der Waals surface area contributed by atoms with Gasteiger partial charge in [0.1, 0.15) is 12.4 Å². The number of hydrogen-bond donors (Lipinski definition) is 2. The third-order valence-electron chi connectivity index (χ3n) is 3.46. The van der Waals surface area contributed by atoms with Gasteiger partial charge in [-0.3, -0.25) is 0 Å². The zero-order chi connectivity index (χ0) is 16.1. The van der Waals surface area contributed by atoms with Crippen molar-refractivity contribution in [3.8, 4) is 5.75 Å². The first-order chi connectivity index (χ1) is 9.72. The number of nitrogens with two attached hydrogens (primary N) is 1. The Kier molecular flexibility index (Phi) is 6.19. The fourth-order valence-corrected chi connectivity index (χ4v) is 3.03. The number of benzene rings is 1. The zero-order valence-corrected chi connectivity index (χ0v) is 14.0. The van der Waals surface area contributed by atoms with E-state index >= 15 is 0 Å². The summed E-state index contributed by atoms with van der Waals surface area (Å²) in [6.45, 7) is 8.04. The first-order valence-electron chi connectivity index (χ1n) is 7.26. The van der Waals surface area contributed by atoms with Gasteiger partial charge in [-0.05, 0) is 51.0 Å². The second kappa shape index (κ2) is 7.24. The van der Waals surface area contributed by atoms with Gasteiger partial charge in [0.15, 0.2) is 0 Å². The van der Waals surface area contributed by atoms with Gasteiger partial charge in [-0.1, -0.05) is 13.8 Å². The minimum atomic E-state index is -3.46. The first kappa shape index (κ1) is 17.9. The van der Waals surface area contributed by atoms with Gasteiger partial charge in [0.25, 0.3) is 0 Å². The van der Waals surface area contributed by atoms with Crippen LogP contribution in [-0.2, 0) is 10.0 Å². The number of nitrogens with one attached hydrogen (secondary N) is 1. The summed E-state index contributed by atoms with van der Waals surface area (Å²) >= 11 is 0. The monoisotopic (exact) mass is 314 g/mol. The predicted molar refractivity (Wildman–Crippen MR) is 84.9 cm³/mol. The van der Waals surface area contributed by atoms with E-state index in [0.717, 1.165) is 12.8 Å². The summed E-state index contributed by atoms with van der Waals surface area (Å²) in [6.07, 6.45) is 1.66. The molecule has 1 aromatic rings. The lowest BCUT2D eigenvalue weighted by atomic mass is 9.96. The third-order valence-corrected chi connectivity index (χ3v) is 5.13. The van der Waals surface area contributed by atoms with E-state index in [0.29, 0.717) is 12.4 Å². The van der Waals surface area contributed by atoms with Crippen LogP contribution in [0.4, 0.5) is 0 Å². The molecule has 0 atom stereocenters. The van der Waals surface area contributed by atoms with Crippen LogP contribution in [0, 0.1) is 0 Å². The molecule has 120 valence electrons. The Morgan fingerprint density at radius 1 is 1.19 bits per heavy atom. The molecule has 0 spiro atoms. The van der Waals surface area contributed by atoms with Crippen LogP contribution in [0.25, 0.3) is 0 Å². The van der Waals surface area contributed by atoms with E-state index in [4.69, 9.17) is 10.5 Å². The number of hydrogen-bond acceptors (Lipinski definition) is 4. The Hall–Kier alpha value is -1.11. The van der Waals surface area contributed by atoms with Crippen molar-refractivity contribution in [1.29, 1.82) is 0 Å². The SMILES string of the molecule is CCC(N)(CC)COc1ccc(S(=O)(=O)NC(C)C)cc1. The molecule has 0 aliphatic carbocycles. The molecule has 0 aromatic heterocycles. The summed E-state index contributed by atoms with van der Waals surface area (Å²) in [4.78, 5) is 0.230. The zero-order valence-electron chi connectivity index (χ0n) is 13.2. The van der Waals surface area contributed by atoms with Crippen molar-refractivity contribution in [1.82, 2.24) is 4.72 Å². The molecule has 0 amide bonds. The fraction of sp³-hybridized carbons (Fsp3) is 0.600. The largest absolute Gasteiger partial charge is 0.492 e. The summed E-state index contributed by atoms with van der Waals surface area (Å²) in [5.41, 5.74) is 5.82. The highest BCUT2D eigenvalue weighted by Crippen LogP contribution is 2.19. The van der Waals surface area contributed by atoms with Crippen molar-refractivity contribution in [2.24, 2.45) is 5.73 Å². The van der Waals surface area contributed by atoms with Gasteiger partial charge in [-0.2, -0.15) is 0 Å². The summed E-state index contributed by atoms with van der Waals surface area (Å²) < 4.78 is 32.2. The number of sulfonamides is 1. The lowest BCUT2D eigenvalue weighted by Gasteiger charge is -2.26. The van der Waals surface area contributed by atoms with Crippen molar-refractivity contribution < 1.29 is 13.2 Å². The molecule has 0 aliphatic rings. The maximum absolute atomic E-state index is 12.0. The van der Waals surface area contributed by atoms with E-state index < -0.39 is 10.0 Å².